The summed E-state index contributed by atoms with van der Waals surface area (Å²) in [5.74, 6) is 1.31. The van der Waals surface area contributed by atoms with Crippen LogP contribution in [0.1, 0.15) is 31.7 Å². The summed E-state index contributed by atoms with van der Waals surface area (Å²) in [7, 11) is 0. The normalized spacial score (nSPS) is 21.8. The van der Waals surface area contributed by atoms with E-state index in [4.69, 9.17) is 11.6 Å². The molecule has 1 nitrogen and oxygen atoms in total. The summed E-state index contributed by atoms with van der Waals surface area (Å²) in [5.41, 5.74) is 1.27. The van der Waals surface area contributed by atoms with Crippen LogP contribution in [0.4, 0.5) is 0 Å². The van der Waals surface area contributed by atoms with E-state index in [9.17, 15) is 0 Å². The molecule has 18 heavy (non-hydrogen) atoms. The summed E-state index contributed by atoms with van der Waals surface area (Å²) in [6.07, 6.45) is 5.14. The molecule has 1 aromatic carbocycles. The molecule has 0 radical (unpaired) electrons. The van der Waals surface area contributed by atoms with Gasteiger partial charge in [0.25, 0.3) is 0 Å². The maximum absolute atomic E-state index is 6.27. The Balaban J connectivity index is 2.03. The summed E-state index contributed by atoms with van der Waals surface area (Å²) in [5, 5.41) is 5.30. The van der Waals surface area contributed by atoms with E-state index in [1.54, 1.807) is 0 Å². The lowest BCUT2D eigenvalue weighted by atomic mass is 9.99. The molecule has 0 aromatic heterocycles. The minimum Gasteiger partial charge on any atom is -0.313 e. The molecule has 0 aliphatic carbocycles. The van der Waals surface area contributed by atoms with E-state index in [0.29, 0.717) is 6.04 Å². The van der Waals surface area contributed by atoms with Gasteiger partial charge in [0.05, 0.1) is 0 Å². The van der Waals surface area contributed by atoms with Gasteiger partial charge in [-0.3, -0.25) is 0 Å². The van der Waals surface area contributed by atoms with E-state index in [1.807, 2.05) is 12.1 Å². The first kappa shape index (κ1) is 14.2. The number of hydrogen-bond donors (Lipinski definition) is 1. The van der Waals surface area contributed by atoms with Crippen molar-refractivity contribution in [2.75, 3.05) is 12.3 Å². The first-order valence-corrected chi connectivity index (χ1v) is 8.32. The van der Waals surface area contributed by atoms with Crippen molar-refractivity contribution in [3.8, 4) is 0 Å². The summed E-state index contributed by atoms with van der Waals surface area (Å²) in [6.45, 7) is 3.22. The van der Waals surface area contributed by atoms with Crippen LogP contribution in [0.25, 0.3) is 0 Å². The number of benzene rings is 1. The van der Waals surface area contributed by atoms with Crippen LogP contribution in [0.15, 0.2) is 24.3 Å². The second kappa shape index (κ2) is 7.42. The second-order valence-electron chi connectivity index (χ2n) is 4.86. The summed E-state index contributed by atoms with van der Waals surface area (Å²) < 4.78 is 0. The quantitative estimate of drug-likeness (QED) is 0.871. The molecule has 2 atom stereocenters. The topological polar surface area (TPSA) is 12.0 Å². The smallest absolute Gasteiger partial charge is 0.0438 e. The van der Waals surface area contributed by atoms with Crippen molar-refractivity contribution in [2.24, 2.45) is 0 Å². The zero-order chi connectivity index (χ0) is 12.8. The molecule has 1 aliphatic heterocycles. The molecule has 2 rings (SSSR count). The Labute approximate surface area is 120 Å². The van der Waals surface area contributed by atoms with E-state index in [-0.39, 0.29) is 0 Å². The van der Waals surface area contributed by atoms with E-state index in [2.05, 4.69) is 36.1 Å². The molecule has 1 heterocycles. The Hall–Kier alpha value is -0.180. The van der Waals surface area contributed by atoms with Gasteiger partial charge in [-0.1, -0.05) is 43.1 Å². The molecule has 3 heteroatoms. The largest absolute Gasteiger partial charge is 0.313 e. The van der Waals surface area contributed by atoms with Gasteiger partial charge in [0.15, 0.2) is 0 Å². The third-order valence-corrected chi connectivity index (χ3v) is 5.41. The summed E-state index contributed by atoms with van der Waals surface area (Å²) >= 11 is 8.40. The van der Waals surface area contributed by atoms with Crippen LogP contribution < -0.4 is 5.32 Å². The van der Waals surface area contributed by atoms with Crippen LogP contribution in [0.3, 0.4) is 0 Å². The van der Waals surface area contributed by atoms with Crippen LogP contribution in [0.2, 0.25) is 5.02 Å². The van der Waals surface area contributed by atoms with Gasteiger partial charge in [0, 0.05) is 16.3 Å². The minimum atomic E-state index is 0.556. The predicted octanol–water partition coefficient (Wildman–Crippen LogP) is 4.15. The fourth-order valence-electron chi connectivity index (χ4n) is 2.58. The molecule has 0 bridgehead atoms. The number of hydrogen-bond acceptors (Lipinski definition) is 2. The third kappa shape index (κ3) is 3.91. The van der Waals surface area contributed by atoms with Crippen molar-refractivity contribution >= 4 is 23.4 Å². The first-order valence-electron chi connectivity index (χ1n) is 6.89. The average molecular weight is 284 g/mol. The van der Waals surface area contributed by atoms with Crippen LogP contribution in [-0.2, 0) is 6.42 Å². The molecule has 1 N–H and O–H groups in total. The van der Waals surface area contributed by atoms with Gasteiger partial charge in [-0.25, -0.2) is 0 Å². The zero-order valence-electron chi connectivity index (χ0n) is 11.0. The maximum atomic E-state index is 6.27. The summed E-state index contributed by atoms with van der Waals surface area (Å²) in [6, 6.07) is 8.79. The van der Waals surface area contributed by atoms with Gasteiger partial charge in [0.2, 0.25) is 0 Å². The molecular weight excluding hydrogens is 262 g/mol. The Morgan fingerprint density at radius 3 is 2.89 bits per heavy atom. The third-order valence-electron chi connectivity index (χ3n) is 3.53. The highest BCUT2D eigenvalue weighted by molar-refractivity contribution is 8.00. The Morgan fingerprint density at radius 2 is 2.22 bits per heavy atom. The van der Waals surface area contributed by atoms with Gasteiger partial charge in [-0.15, -0.1) is 0 Å². The molecule has 1 saturated heterocycles. The SMILES string of the molecule is CCNC(Cc1ccccc1Cl)C1CCCCS1. The fraction of sp³-hybridized carbons (Fsp3) is 0.600. The fourth-order valence-corrected chi connectivity index (χ4v) is 4.23. The Bertz CT molecular complexity index is 363. The average Bonchev–Trinajstić information content (AvgIpc) is 2.42. The molecule has 2 unspecified atom stereocenters. The highest BCUT2D eigenvalue weighted by Gasteiger charge is 2.24. The van der Waals surface area contributed by atoms with Crippen LogP contribution in [0.5, 0.6) is 0 Å². The van der Waals surface area contributed by atoms with Crippen molar-refractivity contribution in [3.05, 3.63) is 34.9 Å². The van der Waals surface area contributed by atoms with E-state index in [0.717, 1.165) is 23.2 Å². The lowest BCUT2D eigenvalue weighted by Crippen LogP contribution is -2.41. The van der Waals surface area contributed by atoms with Crippen molar-refractivity contribution < 1.29 is 0 Å². The molecule has 1 aromatic rings. The first-order chi connectivity index (χ1) is 8.81. The number of thioether (sulfide) groups is 1. The van der Waals surface area contributed by atoms with Gasteiger partial charge in [0.1, 0.15) is 0 Å². The molecule has 0 saturated carbocycles. The minimum absolute atomic E-state index is 0.556. The van der Waals surface area contributed by atoms with Gasteiger partial charge in [-0.05, 0) is 43.2 Å². The zero-order valence-corrected chi connectivity index (χ0v) is 12.6. The lowest BCUT2D eigenvalue weighted by Gasteiger charge is -2.30. The van der Waals surface area contributed by atoms with Crippen LogP contribution >= 0.6 is 23.4 Å². The Morgan fingerprint density at radius 1 is 1.39 bits per heavy atom. The Kier molecular flexibility index (Phi) is 5.87. The highest BCUT2D eigenvalue weighted by atomic mass is 35.5. The maximum Gasteiger partial charge on any atom is 0.0438 e. The van der Waals surface area contributed by atoms with Gasteiger partial charge < -0.3 is 5.32 Å². The summed E-state index contributed by atoms with van der Waals surface area (Å²) in [4.78, 5) is 0. The van der Waals surface area contributed by atoms with Gasteiger partial charge >= 0.3 is 0 Å². The van der Waals surface area contributed by atoms with E-state index >= 15 is 0 Å². The van der Waals surface area contributed by atoms with E-state index in [1.165, 1.54) is 30.6 Å². The highest BCUT2D eigenvalue weighted by Crippen LogP contribution is 2.30. The van der Waals surface area contributed by atoms with Crippen molar-refractivity contribution in [2.45, 2.75) is 43.9 Å². The van der Waals surface area contributed by atoms with Crippen LogP contribution in [-0.4, -0.2) is 23.6 Å². The molecule has 1 aliphatic rings. The predicted molar refractivity (Wildman–Crippen MR) is 82.7 cm³/mol. The molecule has 0 amide bonds. The number of rotatable bonds is 5. The van der Waals surface area contributed by atoms with Crippen LogP contribution in [0, 0.1) is 0 Å². The second-order valence-corrected chi connectivity index (χ2v) is 6.62. The molecule has 0 spiro atoms. The number of nitrogens with one attached hydrogen (secondary N) is 1. The lowest BCUT2D eigenvalue weighted by molar-refractivity contribution is 0.472. The standard InChI is InChI=1S/C15H22ClNS/c1-2-17-14(15-9-5-6-10-18-15)11-12-7-3-4-8-13(12)16/h3-4,7-8,14-15,17H,2,5-6,9-11H2,1H3. The van der Waals surface area contributed by atoms with E-state index < -0.39 is 0 Å². The number of likely N-dealkylation sites (N-methyl/N-ethyl adjacent to an activating group) is 1. The molecule has 1 fully saturated rings. The number of halogens is 1. The van der Waals surface area contributed by atoms with Crippen molar-refractivity contribution in [3.63, 3.8) is 0 Å². The monoisotopic (exact) mass is 283 g/mol. The van der Waals surface area contributed by atoms with Crippen molar-refractivity contribution in [1.82, 2.24) is 5.32 Å². The van der Waals surface area contributed by atoms with Gasteiger partial charge in [-0.2, -0.15) is 11.8 Å². The molecular formula is C15H22ClNS. The molecule has 100 valence electrons. The van der Waals surface area contributed by atoms with Crippen molar-refractivity contribution in [1.29, 1.82) is 0 Å².